The zero-order chi connectivity index (χ0) is 16.8. The number of hydrogen-bond donors (Lipinski definition) is 1. The molecule has 5 heteroatoms. The van der Waals surface area contributed by atoms with Crippen LogP contribution in [0, 0.1) is 13.8 Å². The Morgan fingerprint density at radius 1 is 1.04 bits per heavy atom. The fraction of sp³-hybridized carbons (Fsp3) is 0.222. The fourth-order valence-corrected chi connectivity index (χ4v) is 2.26. The fourth-order valence-electron chi connectivity index (χ4n) is 1.98. The molecule has 0 aromatic heterocycles. The van der Waals surface area contributed by atoms with Gasteiger partial charge in [-0.2, -0.15) is 0 Å². The molecule has 23 heavy (non-hydrogen) atoms. The molecule has 2 rings (SSSR count). The molecule has 2 aromatic rings. The van der Waals surface area contributed by atoms with Gasteiger partial charge in [0.25, 0.3) is 5.91 Å². The molecule has 1 amide bonds. The van der Waals surface area contributed by atoms with Crippen molar-refractivity contribution in [3.8, 4) is 0 Å². The van der Waals surface area contributed by atoms with Gasteiger partial charge in [-0.1, -0.05) is 47.5 Å². The number of hydrogen-bond acceptors (Lipinski definition) is 3. The molecule has 0 bridgehead atoms. The van der Waals surface area contributed by atoms with E-state index in [4.69, 9.17) is 16.3 Å². The average molecular weight is 332 g/mol. The molecule has 0 atom stereocenters. The number of carbonyl (C=O) groups excluding carboxylic acids is 2. The van der Waals surface area contributed by atoms with Crippen LogP contribution in [0.4, 0.5) is 5.69 Å². The number of rotatable bonds is 5. The third-order valence-corrected chi connectivity index (χ3v) is 3.54. The summed E-state index contributed by atoms with van der Waals surface area (Å²) in [5, 5.41) is 3.06. The maximum atomic E-state index is 11.8. The number of ether oxygens (including phenoxy) is 1. The molecule has 0 aliphatic carbocycles. The zero-order valence-corrected chi connectivity index (χ0v) is 13.8. The lowest BCUT2D eigenvalue weighted by atomic mass is 10.1. The lowest BCUT2D eigenvalue weighted by Crippen LogP contribution is -2.21. The first-order valence-electron chi connectivity index (χ1n) is 7.21. The summed E-state index contributed by atoms with van der Waals surface area (Å²) in [6, 6.07) is 12.9. The molecular formula is C18H18ClNO3. The predicted molar refractivity (Wildman–Crippen MR) is 90.7 cm³/mol. The van der Waals surface area contributed by atoms with Gasteiger partial charge in [0.2, 0.25) is 0 Å². The molecule has 120 valence electrons. The predicted octanol–water partition coefficient (Wildman–Crippen LogP) is 3.68. The molecule has 0 fully saturated rings. The second-order valence-corrected chi connectivity index (χ2v) is 5.76. The van der Waals surface area contributed by atoms with E-state index in [0.29, 0.717) is 10.7 Å². The second-order valence-electron chi connectivity index (χ2n) is 5.35. The van der Waals surface area contributed by atoms with Crippen molar-refractivity contribution in [1.82, 2.24) is 0 Å². The largest absolute Gasteiger partial charge is 0.455 e. The van der Waals surface area contributed by atoms with Gasteiger partial charge in [0.05, 0.1) is 17.1 Å². The molecule has 0 radical (unpaired) electrons. The van der Waals surface area contributed by atoms with Crippen molar-refractivity contribution >= 4 is 29.2 Å². The zero-order valence-electron chi connectivity index (χ0n) is 13.1. The van der Waals surface area contributed by atoms with Gasteiger partial charge in [0.1, 0.15) is 0 Å². The van der Waals surface area contributed by atoms with Crippen LogP contribution in [0.2, 0.25) is 5.02 Å². The smallest absolute Gasteiger partial charge is 0.310 e. The molecule has 0 heterocycles. The quantitative estimate of drug-likeness (QED) is 0.850. The van der Waals surface area contributed by atoms with Crippen molar-refractivity contribution in [1.29, 1.82) is 0 Å². The van der Waals surface area contributed by atoms with Crippen molar-refractivity contribution in [2.75, 3.05) is 11.9 Å². The third kappa shape index (κ3) is 5.42. The van der Waals surface area contributed by atoms with Crippen LogP contribution in [0.25, 0.3) is 0 Å². The second kappa shape index (κ2) is 7.79. The highest BCUT2D eigenvalue weighted by molar-refractivity contribution is 6.33. The van der Waals surface area contributed by atoms with Crippen molar-refractivity contribution in [2.24, 2.45) is 0 Å². The van der Waals surface area contributed by atoms with E-state index in [1.807, 2.05) is 44.2 Å². The SMILES string of the molecule is Cc1ccc(CC(=O)OCC(=O)Nc2ccc(C)cc2Cl)cc1. The van der Waals surface area contributed by atoms with Crippen LogP contribution >= 0.6 is 11.6 Å². The number of amides is 1. The molecule has 0 aliphatic rings. The summed E-state index contributed by atoms with van der Waals surface area (Å²) in [4.78, 5) is 23.5. The Bertz CT molecular complexity index is 711. The number of esters is 1. The standard InChI is InChI=1S/C18H18ClNO3/c1-12-3-6-14(7-4-12)10-18(22)23-11-17(21)20-16-8-5-13(2)9-15(16)19/h3-9H,10-11H2,1-2H3,(H,20,21). The van der Waals surface area contributed by atoms with Crippen LogP contribution in [-0.4, -0.2) is 18.5 Å². The van der Waals surface area contributed by atoms with Crippen LogP contribution in [0.1, 0.15) is 16.7 Å². The Morgan fingerprint density at radius 3 is 2.35 bits per heavy atom. The molecule has 1 N–H and O–H groups in total. The molecule has 2 aromatic carbocycles. The van der Waals surface area contributed by atoms with Crippen molar-refractivity contribution in [3.05, 3.63) is 64.2 Å². The Labute approximate surface area is 140 Å². The lowest BCUT2D eigenvalue weighted by molar-refractivity contribution is -0.146. The summed E-state index contributed by atoms with van der Waals surface area (Å²) in [5.74, 6) is -0.869. The summed E-state index contributed by atoms with van der Waals surface area (Å²) in [6.45, 7) is 3.54. The Morgan fingerprint density at radius 2 is 1.70 bits per heavy atom. The van der Waals surface area contributed by atoms with E-state index in [0.717, 1.165) is 16.7 Å². The van der Waals surface area contributed by atoms with Gasteiger partial charge in [-0.15, -0.1) is 0 Å². The van der Waals surface area contributed by atoms with Gasteiger partial charge in [-0.25, -0.2) is 0 Å². The summed E-state index contributed by atoms with van der Waals surface area (Å²) in [6.07, 6.45) is 0.138. The maximum Gasteiger partial charge on any atom is 0.310 e. The topological polar surface area (TPSA) is 55.4 Å². The molecule has 0 saturated carbocycles. The molecular weight excluding hydrogens is 314 g/mol. The summed E-state index contributed by atoms with van der Waals surface area (Å²) >= 11 is 6.03. The summed E-state index contributed by atoms with van der Waals surface area (Å²) in [7, 11) is 0. The number of anilines is 1. The van der Waals surface area contributed by atoms with Crippen LogP contribution in [-0.2, 0) is 20.7 Å². The molecule has 4 nitrogen and oxygen atoms in total. The van der Waals surface area contributed by atoms with Crippen LogP contribution in [0.5, 0.6) is 0 Å². The highest BCUT2D eigenvalue weighted by Crippen LogP contribution is 2.22. The minimum Gasteiger partial charge on any atom is -0.455 e. The van der Waals surface area contributed by atoms with E-state index in [-0.39, 0.29) is 13.0 Å². The van der Waals surface area contributed by atoms with Crippen LogP contribution < -0.4 is 5.32 Å². The van der Waals surface area contributed by atoms with Gasteiger partial charge < -0.3 is 10.1 Å². The van der Waals surface area contributed by atoms with Gasteiger partial charge in [-0.05, 0) is 37.1 Å². The van der Waals surface area contributed by atoms with E-state index >= 15 is 0 Å². The van der Waals surface area contributed by atoms with E-state index in [9.17, 15) is 9.59 Å². The molecule has 0 spiro atoms. The van der Waals surface area contributed by atoms with Gasteiger partial charge in [-0.3, -0.25) is 9.59 Å². The maximum absolute atomic E-state index is 11.8. The Kier molecular flexibility index (Phi) is 5.77. The van der Waals surface area contributed by atoms with E-state index < -0.39 is 11.9 Å². The Hall–Kier alpha value is -2.33. The minimum atomic E-state index is -0.445. The average Bonchev–Trinajstić information content (AvgIpc) is 2.50. The Balaban J connectivity index is 1.81. The number of benzene rings is 2. The summed E-state index contributed by atoms with van der Waals surface area (Å²) < 4.78 is 4.98. The first-order chi connectivity index (χ1) is 10.9. The first-order valence-corrected chi connectivity index (χ1v) is 7.59. The van der Waals surface area contributed by atoms with Gasteiger partial charge >= 0.3 is 5.97 Å². The van der Waals surface area contributed by atoms with Crippen LogP contribution in [0.3, 0.4) is 0 Å². The van der Waals surface area contributed by atoms with E-state index in [1.165, 1.54) is 0 Å². The van der Waals surface area contributed by atoms with Crippen molar-refractivity contribution in [2.45, 2.75) is 20.3 Å². The van der Waals surface area contributed by atoms with Crippen LogP contribution in [0.15, 0.2) is 42.5 Å². The van der Waals surface area contributed by atoms with E-state index in [2.05, 4.69) is 5.32 Å². The summed E-state index contributed by atoms with van der Waals surface area (Å²) in [5.41, 5.74) is 3.47. The first kappa shape index (κ1) is 17.0. The van der Waals surface area contributed by atoms with E-state index in [1.54, 1.807) is 12.1 Å². The van der Waals surface area contributed by atoms with Crippen molar-refractivity contribution in [3.63, 3.8) is 0 Å². The van der Waals surface area contributed by atoms with Crippen molar-refractivity contribution < 1.29 is 14.3 Å². The lowest BCUT2D eigenvalue weighted by Gasteiger charge is -2.09. The molecule has 0 unspecified atom stereocenters. The minimum absolute atomic E-state index is 0.138. The highest BCUT2D eigenvalue weighted by atomic mass is 35.5. The van der Waals surface area contributed by atoms with Gasteiger partial charge in [0, 0.05) is 0 Å². The number of nitrogens with one attached hydrogen (secondary N) is 1. The molecule has 0 saturated heterocycles. The molecule has 0 aliphatic heterocycles. The monoisotopic (exact) mass is 331 g/mol. The number of aryl methyl sites for hydroxylation is 2. The number of halogens is 1. The number of carbonyl (C=O) groups is 2. The normalized spacial score (nSPS) is 10.2. The van der Waals surface area contributed by atoms with Gasteiger partial charge in [0.15, 0.2) is 6.61 Å². The highest BCUT2D eigenvalue weighted by Gasteiger charge is 2.10. The third-order valence-electron chi connectivity index (χ3n) is 3.23.